The van der Waals surface area contributed by atoms with E-state index in [0.717, 1.165) is 12.5 Å². The summed E-state index contributed by atoms with van der Waals surface area (Å²) in [6.07, 6.45) is 5.48. The standard InChI is InChI=1S/C14H30N2/c1-5-9-16(10-13-7-8-13)12-14(3,6-2)11-15-4/h13,15H,5-12H2,1-4H3. The van der Waals surface area contributed by atoms with Crippen LogP contribution in [-0.4, -0.2) is 38.1 Å². The van der Waals surface area contributed by atoms with Gasteiger partial charge in [0.25, 0.3) is 0 Å². The Morgan fingerprint density at radius 2 is 2.00 bits per heavy atom. The molecule has 2 heteroatoms. The number of nitrogens with one attached hydrogen (secondary N) is 1. The first-order valence-corrected chi connectivity index (χ1v) is 7.00. The highest BCUT2D eigenvalue weighted by atomic mass is 15.1. The summed E-state index contributed by atoms with van der Waals surface area (Å²) >= 11 is 0. The summed E-state index contributed by atoms with van der Waals surface area (Å²) in [5, 5.41) is 3.35. The predicted molar refractivity (Wildman–Crippen MR) is 71.8 cm³/mol. The van der Waals surface area contributed by atoms with Crippen LogP contribution in [0.1, 0.15) is 46.5 Å². The molecule has 2 nitrogen and oxygen atoms in total. The number of hydrogen-bond donors (Lipinski definition) is 1. The van der Waals surface area contributed by atoms with Crippen molar-refractivity contribution in [2.75, 3.05) is 33.2 Å². The van der Waals surface area contributed by atoms with Crippen LogP contribution in [0.15, 0.2) is 0 Å². The van der Waals surface area contributed by atoms with E-state index in [9.17, 15) is 0 Å². The van der Waals surface area contributed by atoms with E-state index in [1.54, 1.807) is 0 Å². The summed E-state index contributed by atoms with van der Waals surface area (Å²) in [5.41, 5.74) is 0.443. The lowest BCUT2D eigenvalue weighted by Crippen LogP contribution is -2.42. The third-order valence-electron chi connectivity index (χ3n) is 3.82. The highest BCUT2D eigenvalue weighted by molar-refractivity contribution is 4.83. The molecule has 16 heavy (non-hydrogen) atoms. The molecule has 0 amide bonds. The first kappa shape index (κ1) is 14.0. The minimum Gasteiger partial charge on any atom is -0.319 e. The molecule has 1 fully saturated rings. The lowest BCUT2D eigenvalue weighted by molar-refractivity contribution is 0.152. The van der Waals surface area contributed by atoms with Crippen molar-refractivity contribution in [3.63, 3.8) is 0 Å². The van der Waals surface area contributed by atoms with Crippen molar-refractivity contribution in [3.05, 3.63) is 0 Å². The average molecular weight is 226 g/mol. The molecule has 1 atom stereocenters. The van der Waals surface area contributed by atoms with Gasteiger partial charge in [-0.15, -0.1) is 0 Å². The van der Waals surface area contributed by atoms with E-state index in [1.807, 2.05) is 0 Å². The number of nitrogens with zero attached hydrogens (tertiary/aromatic N) is 1. The van der Waals surface area contributed by atoms with Gasteiger partial charge in [0.1, 0.15) is 0 Å². The Labute approximate surface area is 102 Å². The molecule has 0 aromatic heterocycles. The Morgan fingerprint density at radius 3 is 2.44 bits per heavy atom. The molecule has 0 aromatic rings. The molecule has 0 saturated heterocycles. The molecule has 0 aromatic carbocycles. The second-order valence-electron chi connectivity index (χ2n) is 5.87. The lowest BCUT2D eigenvalue weighted by atomic mass is 9.86. The van der Waals surface area contributed by atoms with E-state index in [4.69, 9.17) is 0 Å². The van der Waals surface area contributed by atoms with Crippen molar-refractivity contribution in [1.82, 2.24) is 10.2 Å². The fraction of sp³-hybridized carbons (Fsp3) is 1.00. The van der Waals surface area contributed by atoms with Gasteiger partial charge in [-0.1, -0.05) is 20.8 Å². The molecule has 1 rings (SSSR count). The van der Waals surface area contributed by atoms with E-state index < -0.39 is 0 Å². The molecule has 0 radical (unpaired) electrons. The Morgan fingerprint density at radius 1 is 1.31 bits per heavy atom. The van der Waals surface area contributed by atoms with Gasteiger partial charge in [0, 0.05) is 19.6 Å². The van der Waals surface area contributed by atoms with Crippen LogP contribution in [-0.2, 0) is 0 Å². The fourth-order valence-electron chi connectivity index (χ4n) is 2.48. The largest absolute Gasteiger partial charge is 0.319 e. The van der Waals surface area contributed by atoms with Gasteiger partial charge >= 0.3 is 0 Å². The average Bonchev–Trinajstić information content (AvgIpc) is 3.02. The molecule has 0 spiro atoms. The molecular weight excluding hydrogens is 196 g/mol. The molecule has 0 heterocycles. The van der Waals surface area contributed by atoms with Crippen LogP contribution in [0.2, 0.25) is 0 Å². The number of hydrogen-bond acceptors (Lipinski definition) is 2. The monoisotopic (exact) mass is 226 g/mol. The van der Waals surface area contributed by atoms with Crippen LogP contribution >= 0.6 is 0 Å². The molecule has 1 unspecified atom stereocenters. The van der Waals surface area contributed by atoms with E-state index in [-0.39, 0.29) is 0 Å². The summed E-state index contributed by atoms with van der Waals surface area (Å²) in [4.78, 5) is 2.69. The molecule has 0 aliphatic heterocycles. The zero-order chi connectivity index (χ0) is 12.0. The Kier molecular flexibility index (Phi) is 5.77. The molecular formula is C14H30N2. The van der Waals surface area contributed by atoms with E-state index in [1.165, 1.54) is 45.3 Å². The smallest absolute Gasteiger partial charge is 0.00475 e. The third kappa shape index (κ3) is 4.84. The molecule has 96 valence electrons. The second-order valence-corrected chi connectivity index (χ2v) is 5.87. The summed E-state index contributed by atoms with van der Waals surface area (Å²) in [7, 11) is 2.07. The molecule has 1 saturated carbocycles. The van der Waals surface area contributed by atoms with Crippen LogP contribution in [0.25, 0.3) is 0 Å². The lowest BCUT2D eigenvalue weighted by Gasteiger charge is -2.35. The van der Waals surface area contributed by atoms with Gasteiger partial charge in [-0.3, -0.25) is 0 Å². The molecule has 1 aliphatic rings. The second kappa shape index (κ2) is 6.61. The minimum atomic E-state index is 0.443. The van der Waals surface area contributed by atoms with Crippen LogP contribution in [0.4, 0.5) is 0 Å². The fourth-order valence-corrected chi connectivity index (χ4v) is 2.48. The Hall–Kier alpha value is -0.0800. The third-order valence-corrected chi connectivity index (χ3v) is 3.82. The maximum Gasteiger partial charge on any atom is 0.00475 e. The topological polar surface area (TPSA) is 15.3 Å². The minimum absolute atomic E-state index is 0.443. The number of rotatable bonds is 9. The van der Waals surface area contributed by atoms with Crippen molar-refractivity contribution in [3.8, 4) is 0 Å². The zero-order valence-electron chi connectivity index (χ0n) is 11.7. The van der Waals surface area contributed by atoms with Gasteiger partial charge in [-0.05, 0) is 50.6 Å². The quantitative estimate of drug-likeness (QED) is 0.650. The van der Waals surface area contributed by atoms with Crippen molar-refractivity contribution < 1.29 is 0 Å². The highest BCUT2D eigenvalue weighted by Gasteiger charge is 2.28. The Balaban J connectivity index is 2.42. The SMILES string of the molecule is CCCN(CC1CC1)CC(C)(CC)CNC. The molecule has 0 bridgehead atoms. The van der Waals surface area contributed by atoms with Crippen LogP contribution < -0.4 is 5.32 Å². The van der Waals surface area contributed by atoms with E-state index in [2.05, 4.69) is 38.0 Å². The van der Waals surface area contributed by atoms with Crippen molar-refractivity contribution >= 4 is 0 Å². The zero-order valence-corrected chi connectivity index (χ0v) is 11.7. The molecule has 1 aliphatic carbocycles. The summed E-state index contributed by atoms with van der Waals surface area (Å²) in [6.45, 7) is 12.0. The van der Waals surface area contributed by atoms with Gasteiger partial charge in [0.15, 0.2) is 0 Å². The summed E-state index contributed by atoms with van der Waals surface area (Å²) in [6, 6.07) is 0. The first-order valence-electron chi connectivity index (χ1n) is 7.00. The maximum absolute atomic E-state index is 3.35. The van der Waals surface area contributed by atoms with E-state index >= 15 is 0 Å². The van der Waals surface area contributed by atoms with Crippen molar-refractivity contribution in [2.45, 2.75) is 46.5 Å². The van der Waals surface area contributed by atoms with Gasteiger partial charge < -0.3 is 10.2 Å². The highest BCUT2D eigenvalue weighted by Crippen LogP contribution is 2.31. The van der Waals surface area contributed by atoms with E-state index in [0.29, 0.717) is 5.41 Å². The summed E-state index contributed by atoms with van der Waals surface area (Å²) < 4.78 is 0. The van der Waals surface area contributed by atoms with Crippen LogP contribution in [0.5, 0.6) is 0 Å². The van der Waals surface area contributed by atoms with Gasteiger partial charge in [-0.2, -0.15) is 0 Å². The summed E-state index contributed by atoms with van der Waals surface area (Å²) in [5.74, 6) is 1.02. The van der Waals surface area contributed by atoms with Crippen molar-refractivity contribution in [1.29, 1.82) is 0 Å². The van der Waals surface area contributed by atoms with Gasteiger partial charge in [-0.25, -0.2) is 0 Å². The van der Waals surface area contributed by atoms with Crippen LogP contribution in [0.3, 0.4) is 0 Å². The van der Waals surface area contributed by atoms with Crippen molar-refractivity contribution in [2.24, 2.45) is 11.3 Å². The Bertz CT molecular complexity index is 189. The first-order chi connectivity index (χ1) is 7.63. The molecule has 1 N–H and O–H groups in total. The maximum atomic E-state index is 3.35. The van der Waals surface area contributed by atoms with Gasteiger partial charge in [0.05, 0.1) is 0 Å². The van der Waals surface area contributed by atoms with Crippen LogP contribution in [0, 0.1) is 11.3 Å². The predicted octanol–water partition coefficient (Wildman–Crippen LogP) is 2.74. The van der Waals surface area contributed by atoms with Gasteiger partial charge in [0.2, 0.25) is 0 Å². The normalized spacial score (nSPS) is 20.1.